The van der Waals surface area contributed by atoms with Gasteiger partial charge >= 0.3 is 0 Å². The number of carbonyl (C=O) groups excluding carboxylic acids is 2. The Labute approximate surface area is 245 Å². The van der Waals surface area contributed by atoms with E-state index in [9.17, 15) is 26.4 Å². The summed E-state index contributed by atoms with van der Waals surface area (Å²) < 4.78 is 54.5. The first-order valence-electron chi connectivity index (χ1n) is 14.3. The zero-order chi connectivity index (χ0) is 30.5. The van der Waals surface area contributed by atoms with Gasteiger partial charge in [-0.15, -0.1) is 0 Å². The number of amides is 2. The van der Waals surface area contributed by atoms with Crippen LogP contribution in [0.25, 0.3) is 0 Å². The highest BCUT2D eigenvalue weighted by atomic mass is 32.2. The Morgan fingerprint density at radius 1 is 0.561 bits per heavy atom. The molecule has 0 aliphatic carbocycles. The molecular weight excluding hydrogens is 564 g/mol. The van der Waals surface area contributed by atoms with E-state index in [0.29, 0.717) is 44.0 Å². The molecule has 10 nitrogen and oxygen atoms in total. The highest BCUT2D eigenvalue weighted by molar-refractivity contribution is 7.89. The molecular formula is C29H44N4O6S2. The van der Waals surface area contributed by atoms with Crippen molar-refractivity contribution in [2.24, 2.45) is 0 Å². The van der Waals surface area contributed by atoms with Crippen molar-refractivity contribution in [2.45, 2.75) is 82.4 Å². The fraction of sp³-hybridized carbons (Fsp3) is 0.517. The zero-order valence-corrected chi connectivity index (χ0v) is 26.2. The Balaban J connectivity index is 1.85. The average molecular weight is 609 g/mol. The summed E-state index contributed by atoms with van der Waals surface area (Å²) in [5, 5.41) is 5.46. The number of hydrogen-bond acceptors (Lipinski definition) is 6. The van der Waals surface area contributed by atoms with Gasteiger partial charge in [-0.05, 0) is 80.6 Å². The highest BCUT2D eigenvalue weighted by Gasteiger charge is 2.24. The first-order valence-corrected chi connectivity index (χ1v) is 17.2. The molecule has 0 saturated carbocycles. The van der Waals surface area contributed by atoms with Crippen LogP contribution in [0.15, 0.2) is 58.3 Å². The molecule has 0 saturated heterocycles. The summed E-state index contributed by atoms with van der Waals surface area (Å²) in [4.78, 5) is 25.1. The van der Waals surface area contributed by atoms with E-state index in [0.717, 1.165) is 25.7 Å². The minimum absolute atomic E-state index is 0.107. The number of anilines is 2. The molecule has 2 aromatic rings. The van der Waals surface area contributed by atoms with Crippen molar-refractivity contribution in [3.8, 4) is 0 Å². The molecule has 0 bridgehead atoms. The van der Waals surface area contributed by atoms with Crippen LogP contribution in [0.3, 0.4) is 0 Å². The van der Waals surface area contributed by atoms with E-state index in [-0.39, 0.29) is 34.4 Å². The summed E-state index contributed by atoms with van der Waals surface area (Å²) in [6, 6.07) is 12.2. The highest BCUT2D eigenvalue weighted by Crippen LogP contribution is 2.21. The fourth-order valence-corrected chi connectivity index (χ4v) is 7.53. The normalized spacial score (nSPS) is 12.0. The minimum atomic E-state index is -3.59. The molecule has 2 amide bonds. The second kappa shape index (κ2) is 16.6. The van der Waals surface area contributed by atoms with E-state index in [1.54, 1.807) is 24.3 Å². The van der Waals surface area contributed by atoms with Crippen molar-refractivity contribution < 1.29 is 26.4 Å². The van der Waals surface area contributed by atoms with Gasteiger partial charge in [-0.3, -0.25) is 9.59 Å². The first kappa shape index (κ1) is 34.4. The van der Waals surface area contributed by atoms with Crippen molar-refractivity contribution in [2.75, 3.05) is 36.8 Å². The van der Waals surface area contributed by atoms with Gasteiger partial charge in [-0.25, -0.2) is 16.8 Å². The Kier molecular flexibility index (Phi) is 13.9. The molecule has 228 valence electrons. The number of hydrogen-bond donors (Lipinski definition) is 2. The van der Waals surface area contributed by atoms with Crippen LogP contribution < -0.4 is 10.6 Å². The van der Waals surface area contributed by atoms with Crippen LogP contribution in [0.2, 0.25) is 0 Å². The van der Waals surface area contributed by atoms with Crippen LogP contribution in [0.5, 0.6) is 0 Å². The lowest BCUT2D eigenvalue weighted by Crippen LogP contribution is -2.32. The van der Waals surface area contributed by atoms with Gasteiger partial charge in [0.05, 0.1) is 9.79 Å². The molecule has 0 spiro atoms. The Morgan fingerprint density at radius 3 is 1.12 bits per heavy atom. The summed E-state index contributed by atoms with van der Waals surface area (Å²) in [5.41, 5.74) is 0.949. The molecule has 2 N–H and O–H groups in total. The van der Waals surface area contributed by atoms with E-state index in [4.69, 9.17) is 0 Å². The zero-order valence-electron chi connectivity index (χ0n) is 24.6. The van der Waals surface area contributed by atoms with E-state index < -0.39 is 20.0 Å². The number of rotatable bonds is 18. The maximum atomic E-state index is 12.9. The molecule has 0 aliphatic rings. The lowest BCUT2D eigenvalue weighted by atomic mass is 10.2. The molecule has 0 heterocycles. The van der Waals surface area contributed by atoms with Crippen molar-refractivity contribution >= 4 is 43.2 Å². The molecule has 0 fully saturated rings. The molecule has 12 heteroatoms. The second-order valence-corrected chi connectivity index (χ2v) is 13.7. The Hall–Kier alpha value is -2.80. The van der Waals surface area contributed by atoms with Crippen LogP contribution >= 0.6 is 0 Å². The molecule has 41 heavy (non-hydrogen) atoms. The van der Waals surface area contributed by atoms with Crippen molar-refractivity contribution in [1.29, 1.82) is 0 Å². The second-order valence-electron chi connectivity index (χ2n) is 9.81. The first-order chi connectivity index (χ1) is 19.5. The van der Waals surface area contributed by atoms with E-state index >= 15 is 0 Å². The van der Waals surface area contributed by atoms with Crippen LogP contribution in [-0.4, -0.2) is 63.4 Å². The number of nitrogens with zero attached hydrogens (tertiary/aromatic N) is 2. The van der Waals surface area contributed by atoms with E-state index in [2.05, 4.69) is 10.6 Å². The Morgan fingerprint density at radius 2 is 0.854 bits per heavy atom. The fourth-order valence-electron chi connectivity index (χ4n) is 4.28. The minimum Gasteiger partial charge on any atom is -0.326 e. The number of sulfonamides is 2. The summed E-state index contributed by atoms with van der Waals surface area (Å²) in [6.45, 7) is 9.53. The lowest BCUT2D eigenvalue weighted by Gasteiger charge is -2.21. The van der Waals surface area contributed by atoms with Gasteiger partial charge in [-0.1, -0.05) is 27.7 Å². The van der Waals surface area contributed by atoms with E-state index in [1.165, 1.54) is 32.9 Å². The van der Waals surface area contributed by atoms with Gasteiger partial charge in [-0.2, -0.15) is 8.61 Å². The van der Waals surface area contributed by atoms with Crippen molar-refractivity contribution in [3.63, 3.8) is 0 Å². The molecule has 0 radical (unpaired) electrons. The van der Waals surface area contributed by atoms with Crippen molar-refractivity contribution in [1.82, 2.24) is 8.61 Å². The predicted octanol–water partition coefficient (Wildman–Crippen LogP) is 5.06. The van der Waals surface area contributed by atoms with Gasteiger partial charge in [0, 0.05) is 50.4 Å². The summed E-state index contributed by atoms with van der Waals surface area (Å²) >= 11 is 0. The maximum Gasteiger partial charge on any atom is 0.243 e. The van der Waals surface area contributed by atoms with Gasteiger partial charge < -0.3 is 10.6 Å². The Bertz CT molecular complexity index is 1210. The summed E-state index contributed by atoms with van der Waals surface area (Å²) in [5.74, 6) is -0.574. The molecule has 0 unspecified atom stereocenters. The standard InChI is InChI=1S/C29H44N4O6S2/c1-5-20-32(21-6-2)40(36,37)26-16-12-24(13-17-26)30-28(34)10-9-11-29(35)31-25-14-18-27(19-15-25)41(38,39)33(22-7-3)23-8-4/h12-19H,5-11,20-23H2,1-4H3,(H,30,34)(H,31,35). The quantitative estimate of drug-likeness (QED) is 0.243. The smallest absolute Gasteiger partial charge is 0.243 e. The SMILES string of the molecule is CCCN(CCC)S(=O)(=O)c1ccc(NC(=O)CCCC(=O)Nc2ccc(S(=O)(=O)N(CCC)CCC)cc2)cc1. The largest absolute Gasteiger partial charge is 0.326 e. The molecule has 2 aromatic carbocycles. The van der Waals surface area contributed by atoms with Gasteiger partial charge in [0.25, 0.3) is 0 Å². The third-order valence-electron chi connectivity index (χ3n) is 6.25. The molecule has 0 aliphatic heterocycles. The molecule has 2 rings (SSSR count). The van der Waals surface area contributed by atoms with Crippen LogP contribution in [0.1, 0.15) is 72.6 Å². The van der Waals surface area contributed by atoms with Gasteiger partial charge in [0.2, 0.25) is 31.9 Å². The third-order valence-corrected chi connectivity index (χ3v) is 10.1. The number of carbonyl (C=O) groups is 2. The van der Waals surface area contributed by atoms with Gasteiger partial charge in [0.1, 0.15) is 0 Å². The topological polar surface area (TPSA) is 133 Å². The number of benzene rings is 2. The summed E-state index contributed by atoms with van der Waals surface area (Å²) in [7, 11) is -7.19. The summed E-state index contributed by atoms with van der Waals surface area (Å²) in [6.07, 6.45) is 3.41. The van der Waals surface area contributed by atoms with Crippen LogP contribution in [-0.2, 0) is 29.6 Å². The average Bonchev–Trinajstić information content (AvgIpc) is 2.93. The molecule has 0 atom stereocenters. The van der Waals surface area contributed by atoms with Crippen molar-refractivity contribution in [3.05, 3.63) is 48.5 Å². The maximum absolute atomic E-state index is 12.9. The number of nitrogens with one attached hydrogen (secondary N) is 2. The monoisotopic (exact) mass is 608 g/mol. The lowest BCUT2D eigenvalue weighted by molar-refractivity contribution is -0.117. The van der Waals surface area contributed by atoms with E-state index in [1.807, 2.05) is 27.7 Å². The third kappa shape index (κ3) is 10.2. The molecule has 0 aromatic heterocycles. The van der Waals surface area contributed by atoms with Crippen LogP contribution in [0.4, 0.5) is 11.4 Å². The predicted molar refractivity (Wildman–Crippen MR) is 163 cm³/mol. The van der Waals surface area contributed by atoms with Gasteiger partial charge in [0.15, 0.2) is 0 Å². The van der Waals surface area contributed by atoms with Crippen LogP contribution in [0, 0.1) is 0 Å².